The molecule has 1 rings (SSSR count). The topological polar surface area (TPSA) is 43.1 Å². The van der Waals surface area contributed by atoms with E-state index in [9.17, 15) is 4.79 Å². The first-order valence-electron chi connectivity index (χ1n) is 5.00. The number of carbonyl (C=O) groups is 1. The largest absolute Gasteiger partial charge is 0.327 e. The van der Waals surface area contributed by atoms with Crippen molar-refractivity contribution < 1.29 is 4.79 Å². The molecular weight excluding hydrogens is 230 g/mol. The Bertz CT molecular complexity index is 335. The zero-order valence-corrected chi connectivity index (χ0v) is 10.6. The number of halogens is 1. The maximum absolute atomic E-state index is 11.6. The summed E-state index contributed by atoms with van der Waals surface area (Å²) in [6, 6.07) is 3.68. The highest BCUT2D eigenvalue weighted by atomic mass is 35.5. The molecule has 1 unspecified atom stereocenters. The van der Waals surface area contributed by atoms with E-state index in [-0.39, 0.29) is 11.8 Å². The van der Waals surface area contributed by atoms with Gasteiger partial charge in [0.25, 0.3) is 0 Å². The van der Waals surface area contributed by atoms with Crippen molar-refractivity contribution in [2.75, 3.05) is 0 Å². The van der Waals surface area contributed by atoms with Crippen LogP contribution in [0.15, 0.2) is 12.1 Å². The van der Waals surface area contributed by atoms with Crippen molar-refractivity contribution in [3.8, 4) is 0 Å². The van der Waals surface area contributed by atoms with Crippen LogP contribution in [0.3, 0.4) is 0 Å². The summed E-state index contributed by atoms with van der Waals surface area (Å²) in [5.74, 6) is 0.538. The fourth-order valence-corrected chi connectivity index (χ4v) is 2.33. The molecule has 1 aromatic rings. The molecule has 4 heteroatoms. The van der Waals surface area contributed by atoms with E-state index in [1.54, 1.807) is 0 Å². The highest BCUT2D eigenvalue weighted by molar-refractivity contribution is 7.16. The number of hydrogen-bond donors (Lipinski definition) is 1. The smallest absolute Gasteiger partial charge is 0.139 e. The molecule has 0 fully saturated rings. The van der Waals surface area contributed by atoms with Crippen molar-refractivity contribution in [3.63, 3.8) is 0 Å². The second-order valence-electron chi connectivity index (χ2n) is 4.03. The van der Waals surface area contributed by atoms with E-state index < -0.39 is 0 Å². The third-order valence-corrected chi connectivity index (χ3v) is 3.55. The number of Topliss-reactive ketones (excluding diaryl/α,β-unsaturated/α-hetero) is 1. The molecular formula is C11H16ClNOS. The summed E-state index contributed by atoms with van der Waals surface area (Å²) in [7, 11) is 0. The van der Waals surface area contributed by atoms with Gasteiger partial charge < -0.3 is 5.73 Å². The van der Waals surface area contributed by atoms with E-state index >= 15 is 0 Å². The predicted molar refractivity (Wildman–Crippen MR) is 65.5 cm³/mol. The van der Waals surface area contributed by atoms with Crippen LogP contribution in [0.25, 0.3) is 0 Å². The van der Waals surface area contributed by atoms with Gasteiger partial charge in [-0.25, -0.2) is 0 Å². The van der Waals surface area contributed by atoms with Crippen molar-refractivity contribution in [2.24, 2.45) is 11.7 Å². The molecule has 0 saturated heterocycles. The Hall–Kier alpha value is -0.380. The molecule has 0 spiro atoms. The Kier molecular flexibility index (Phi) is 4.77. The quantitative estimate of drug-likeness (QED) is 0.867. The monoisotopic (exact) mass is 245 g/mol. The minimum Gasteiger partial charge on any atom is -0.327 e. The van der Waals surface area contributed by atoms with Gasteiger partial charge in [0.2, 0.25) is 0 Å². The van der Waals surface area contributed by atoms with Gasteiger partial charge in [-0.15, -0.1) is 11.3 Å². The third kappa shape index (κ3) is 4.33. The summed E-state index contributed by atoms with van der Waals surface area (Å²) in [5, 5.41) is 0. The molecule has 2 nitrogen and oxygen atoms in total. The predicted octanol–water partition coefficient (Wildman–Crippen LogP) is 2.89. The van der Waals surface area contributed by atoms with Crippen LogP contribution in [-0.2, 0) is 11.2 Å². The lowest BCUT2D eigenvalue weighted by Crippen LogP contribution is -2.29. The van der Waals surface area contributed by atoms with E-state index in [4.69, 9.17) is 17.3 Å². The van der Waals surface area contributed by atoms with Gasteiger partial charge in [-0.3, -0.25) is 4.79 Å². The first-order chi connectivity index (χ1) is 6.99. The van der Waals surface area contributed by atoms with Gasteiger partial charge in [0.05, 0.1) is 4.34 Å². The normalized spacial score (nSPS) is 13.1. The Balaban J connectivity index is 2.43. The van der Waals surface area contributed by atoms with Crippen LogP contribution in [-0.4, -0.2) is 11.8 Å². The molecule has 0 radical (unpaired) electrons. The zero-order chi connectivity index (χ0) is 11.4. The minimum atomic E-state index is -0.0343. The minimum absolute atomic E-state index is 0.0343. The van der Waals surface area contributed by atoms with Crippen molar-refractivity contribution in [1.82, 2.24) is 0 Å². The molecule has 0 aliphatic heterocycles. The van der Waals surface area contributed by atoms with E-state index in [1.165, 1.54) is 11.3 Å². The van der Waals surface area contributed by atoms with Crippen molar-refractivity contribution in [1.29, 1.82) is 0 Å². The molecule has 0 aliphatic carbocycles. The van der Waals surface area contributed by atoms with E-state index in [2.05, 4.69) is 0 Å². The fourth-order valence-electron chi connectivity index (χ4n) is 1.21. The molecule has 0 aromatic carbocycles. The Morgan fingerprint density at radius 3 is 2.67 bits per heavy atom. The van der Waals surface area contributed by atoms with Crippen LogP contribution in [0.1, 0.15) is 25.1 Å². The lowest BCUT2D eigenvalue weighted by atomic mass is 9.98. The molecule has 0 aliphatic rings. The lowest BCUT2D eigenvalue weighted by molar-refractivity contribution is -0.118. The second kappa shape index (κ2) is 5.64. The summed E-state index contributed by atoms with van der Waals surface area (Å²) < 4.78 is 0.728. The summed E-state index contributed by atoms with van der Waals surface area (Å²) >= 11 is 7.24. The van der Waals surface area contributed by atoms with Crippen LogP contribution in [0, 0.1) is 5.92 Å². The van der Waals surface area contributed by atoms with Crippen LogP contribution < -0.4 is 5.73 Å². The molecule has 2 N–H and O–H groups in total. The maximum Gasteiger partial charge on any atom is 0.139 e. The average Bonchev–Trinajstić information content (AvgIpc) is 2.50. The molecule has 0 saturated carbocycles. The molecule has 1 aromatic heterocycles. The van der Waals surface area contributed by atoms with E-state index in [0.29, 0.717) is 18.8 Å². The number of nitrogens with two attached hydrogens (primary N) is 1. The molecule has 0 bridgehead atoms. The first-order valence-corrected chi connectivity index (χ1v) is 6.20. The Labute approximate surface area is 99.4 Å². The number of carbonyl (C=O) groups excluding carboxylic acids is 1. The second-order valence-corrected chi connectivity index (χ2v) is 5.83. The summed E-state index contributed by atoms with van der Waals surface area (Å²) in [6.45, 7) is 4.06. The van der Waals surface area contributed by atoms with Gasteiger partial charge in [-0.1, -0.05) is 25.4 Å². The molecule has 15 heavy (non-hydrogen) atoms. The van der Waals surface area contributed by atoms with Crippen LogP contribution in [0.4, 0.5) is 0 Å². The van der Waals surface area contributed by atoms with Gasteiger partial charge in [0.1, 0.15) is 5.78 Å². The average molecular weight is 246 g/mol. The van der Waals surface area contributed by atoms with Gasteiger partial charge >= 0.3 is 0 Å². The number of ketones is 1. The van der Waals surface area contributed by atoms with Crippen LogP contribution in [0.2, 0.25) is 4.34 Å². The third-order valence-electron chi connectivity index (χ3n) is 2.32. The van der Waals surface area contributed by atoms with Gasteiger partial charge in [-0.2, -0.15) is 0 Å². The number of rotatable bonds is 5. The summed E-state index contributed by atoms with van der Waals surface area (Å²) in [6.07, 6.45) is 0.908. The number of hydrogen-bond acceptors (Lipinski definition) is 3. The van der Waals surface area contributed by atoms with Crippen LogP contribution >= 0.6 is 22.9 Å². The summed E-state index contributed by atoms with van der Waals surface area (Å²) in [4.78, 5) is 12.6. The van der Waals surface area contributed by atoms with Crippen molar-refractivity contribution in [3.05, 3.63) is 21.3 Å². The van der Waals surface area contributed by atoms with Gasteiger partial charge in [0, 0.05) is 23.8 Å². The zero-order valence-electron chi connectivity index (χ0n) is 9.00. The van der Waals surface area contributed by atoms with Gasteiger partial charge in [-0.05, 0) is 18.1 Å². The maximum atomic E-state index is 11.6. The Morgan fingerprint density at radius 2 is 2.20 bits per heavy atom. The van der Waals surface area contributed by atoms with Crippen LogP contribution in [0.5, 0.6) is 0 Å². The lowest BCUT2D eigenvalue weighted by Gasteiger charge is -2.13. The molecule has 0 amide bonds. The SMILES string of the molecule is CC(C)C(N)CC(=O)Cc1ccc(Cl)s1. The van der Waals surface area contributed by atoms with Crippen molar-refractivity contribution >= 4 is 28.7 Å². The van der Waals surface area contributed by atoms with E-state index in [0.717, 1.165) is 9.21 Å². The molecule has 1 heterocycles. The molecule has 84 valence electrons. The summed E-state index contributed by atoms with van der Waals surface area (Å²) in [5.41, 5.74) is 5.83. The first kappa shape index (κ1) is 12.7. The number of thiophene rings is 1. The van der Waals surface area contributed by atoms with Crippen molar-refractivity contribution in [2.45, 2.75) is 32.7 Å². The standard InChI is InChI=1S/C11H16ClNOS/c1-7(2)10(13)6-8(14)5-9-3-4-11(12)15-9/h3-4,7,10H,5-6,13H2,1-2H3. The van der Waals surface area contributed by atoms with E-state index in [1.807, 2.05) is 26.0 Å². The van der Waals surface area contributed by atoms with Gasteiger partial charge in [0.15, 0.2) is 0 Å². The molecule has 1 atom stereocenters. The fraction of sp³-hybridized carbons (Fsp3) is 0.545. The highest BCUT2D eigenvalue weighted by Gasteiger charge is 2.13. The Morgan fingerprint density at radius 1 is 1.53 bits per heavy atom. The highest BCUT2D eigenvalue weighted by Crippen LogP contribution is 2.22.